The molecule has 2 rings (SSSR count). The molecule has 0 aromatic heterocycles. The van der Waals surface area contributed by atoms with Gasteiger partial charge < -0.3 is 4.74 Å². The first kappa shape index (κ1) is 16.5. The van der Waals surface area contributed by atoms with E-state index < -0.39 is 10.0 Å². The second-order valence-electron chi connectivity index (χ2n) is 5.12. The molecule has 1 aliphatic heterocycles. The zero-order valence-corrected chi connectivity index (χ0v) is 13.7. The molecule has 118 valence electrons. The Balaban J connectivity index is 2.03. The van der Waals surface area contributed by atoms with Crippen molar-refractivity contribution in [1.29, 1.82) is 0 Å². The Morgan fingerprint density at radius 3 is 2.67 bits per heavy atom. The Morgan fingerprint density at radius 1 is 1.33 bits per heavy atom. The Bertz CT molecular complexity index is 572. The van der Waals surface area contributed by atoms with Gasteiger partial charge in [-0.3, -0.25) is 9.62 Å². The average Bonchev–Trinajstić information content (AvgIpc) is 2.42. The van der Waals surface area contributed by atoms with Crippen LogP contribution in [0.2, 0.25) is 5.02 Å². The molecule has 0 radical (unpaired) electrons. The lowest BCUT2D eigenvalue weighted by atomic mass is 10.2. The summed E-state index contributed by atoms with van der Waals surface area (Å²) in [5, 5.41) is 0.582. The normalized spacial score (nSPS) is 16.9. The van der Waals surface area contributed by atoms with E-state index in [1.54, 1.807) is 12.1 Å². The molecular weight excluding hydrogens is 312 g/mol. The number of morpholine rings is 1. The number of rotatable bonds is 6. The molecule has 0 amide bonds. The minimum atomic E-state index is -3.28. The molecule has 21 heavy (non-hydrogen) atoms. The number of hydrogen-bond donors (Lipinski definition) is 1. The van der Waals surface area contributed by atoms with Gasteiger partial charge in [-0.2, -0.15) is 0 Å². The highest BCUT2D eigenvalue weighted by atomic mass is 35.5. The second-order valence-corrected chi connectivity index (χ2v) is 7.36. The van der Waals surface area contributed by atoms with Crippen molar-refractivity contribution in [2.24, 2.45) is 0 Å². The van der Waals surface area contributed by atoms with Crippen LogP contribution in [0.25, 0.3) is 0 Å². The van der Waals surface area contributed by atoms with Crippen LogP contribution in [0.15, 0.2) is 18.2 Å². The van der Waals surface area contributed by atoms with Gasteiger partial charge in [-0.1, -0.05) is 24.6 Å². The summed E-state index contributed by atoms with van der Waals surface area (Å²) in [5.74, 6) is 0.111. The molecule has 0 saturated carbocycles. The fourth-order valence-electron chi connectivity index (χ4n) is 2.24. The molecule has 1 heterocycles. The van der Waals surface area contributed by atoms with Crippen molar-refractivity contribution in [3.63, 3.8) is 0 Å². The van der Waals surface area contributed by atoms with Crippen molar-refractivity contribution in [3.8, 4) is 0 Å². The van der Waals surface area contributed by atoms with Gasteiger partial charge in [0.15, 0.2) is 0 Å². The molecule has 1 aliphatic rings. The Hall–Kier alpha value is -0.820. The molecule has 1 fully saturated rings. The summed E-state index contributed by atoms with van der Waals surface area (Å²) in [6.45, 7) is 5.85. The summed E-state index contributed by atoms with van der Waals surface area (Å²) < 4.78 is 31.3. The minimum absolute atomic E-state index is 0.111. The minimum Gasteiger partial charge on any atom is -0.379 e. The van der Waals surface area contributed by atoms with Crippen LogP contribution in [0.3, 0.4) is 0 Å². The lowest BCUT2D eigenvalue weighted by Gasteiger charge is -2.27. The summed E-state index contributed by atoms with van der Waals surface area (Å²) in [6.07, 6.45) is 0.582. The van der Waals surface area contributed by atoms with Crippen LogP contribution in [-0.2, 0) is 21.3 Å². The third-order valence-corrected chi connectivity index (χ3v) is 5.14. The van der Waals surface area contributed by atoms with E-state index in [1.165, 1.54) is 0 Å². The molecule has 7 heteroatoms. The number of hydrogen-bond acceptors (Lipinski definition) is 4. The van der Waals surface area contributed by atoms with Gasteiger partial charge in [-0.25, -0.2) is 8.42 Å². The number of halogens is 1. The first-order valence-corrected chi connectivity index (χ1v) is 9.12. The van der Waals surface area contributed by atoms with Crippen molar-refractivity contribution < 1.29 is 13.2 Å². The molecule has 0 unspecified atom stereocenters. The molecule has 0 bridgehead atoms. The fourth-order valence-corrected chi connectivity index (χ4v) is 3.60. The van der Waals surface area contributed by atoms with Crippen LogP contribution in [0.4, 0.5) is 5.69 Å². The van der Waals surface area contributed by atoms with E-state index in [4.69, 9.17) is 16.3 Å². The molecule has 0 aliphatic carbocycles. The lowest BCUT2D eigenvalue weighted by Crippen LogP contribution is -2.35. The van der Waals surface area contributed by atoms with Crippen molar-refractivity contribution >= 4 is 27.3 Å². The van der Waals surface area contributed by atoms with Crippen LogP contribution in [0.5, 0.6) is 0 Å². The van der Waals surface area contributed by atoms with Gasteiger partial charge in [-0.05, 0) is 24.1 Å². The fraction of sp³-hybridized carbons (Fsp3) is 0.571. The van der Waals surface area contributed by atoms with E-state index in [0.717, 1.165) is 38.4 Å². The third kappa shape index (κ3) is 5.14. The SMILES string of the molecule is CCCS(=O)(=O)Nc1ccc(CN2CCOCC2)c(Cl)c1. The van der Waals surface area contributed by atoms with Crippen LogP contribution < -0.4 is 4.72 Å². The zero-order chi connectivity index (χ0) is 15.3. The Kier molecular flexibility index (Phi) is 5.87. The highest BCUT2D eigenvalue weighted by Crippen LogP contribution is 2.23. The highest BCUT2D eigenvalue weighted by Gasteiger charge is 2.14. The van der Waals surface area contributed by atoms with Crippen LogP contribution >= 0.6 is 11.6 Å². The summed E-state index contributed by atoms with van der Waals surface area (Å²) >= 11 is 6.26. The van der Waals surface area contributed by atoms with Crippen LogP contribution in [-0.4, -0.2) is 45.4 Å². The molecular formula is C14H21ClN2O3S. The van der Waals surface area contributed by atoms with Gasteiger partial charge in [0.05, 0.1) is 19.0 Å². The number of benzene rings is 1. The summed E-state index contributed by atoms with van der Waals surface area (Å²) in [6, 6.07) is 5.31. The average molecular weight is 333 g/mol. The maximum absolute atomic E-state index is 11.7. The molecule has 1 N–H and O–H groups in total. The van der Waals surface area contributed by atoms with Crippen LogP contribution in [0.1, 0.15) is 18.9 Å². The van der Waals surface area contributed by atoms with Gasteiger partial charge in [-0.15, -0.1) is 0 Å². The highest BCUT2D eigenvalue weighted by molar-refractivity contribution is 7.92. The van der Waals surface area contributed by atoms with E-state index in [9.17, 15) is 8.42 Å². The topological polar surface area (TPSA) is 58.6 Å². The smallest absolute Gasteiger partial charge is 0.232 e. The van der Waals surface area contributed by atoms with E-state index in [1.807, 2.05) is 13.0 Å². The van der Waals surface area contributed by atoms with Crippen molar-refractivity contribution in [1.82, 2.24) is 4.90 Å². The molecule has 1 saturated heterocycles. The second kappa shape index (κ2) is 7.45. The quantitative estimate of drug-likeness (QED) is 0.868. The standard InChI is InChI=1S/C14H21ClN2O3S/c1-2-9-21(18,19)16-13-4-3-12(14(15)10-13)11-17-5-7-20-8-6-17/h3-4,10,16H,2,5-9,11H2,1H3. The molecule has 0 spiro atoms. The van der Waals surface area contributed by atoms with Gasteiger partial charge in [0.25, 0.3) is 0 Å². The largest absolute Gasteiger partial charge is 0.379 e. The van der Waals surface area contributed by atoms with Crippen molar-refractivity contribution in [2.45, 2.75) is 19.9 Å². The zero-order valence-electron chi connectivity index (χ0n) is 12.1. The van der Waals surface area contributed by atoms with Crippen molar-refractivity contribution in [2.75, 3.05) is 36.8 Å². The first-order chi connectivity index (χ1) is 10.00. The Labute approximate surface area is 131 Å². The van der Waals surface area contributed by atoms with Crippen molar-refractivity contribution in [3.05, 3.63) is 28.8 Å². The van der Waals surface area contributed by atoms with Gasteiger partial charge >= 0.3 is 0 Å². The van der Waals surface area contributed by atoms with E-state index >= 15 is 0 Å². The third-order valence-electron chi connectivity index (χ3n) is 3.30. The van der Waals surface area contributed by atoms with E-state index in [-0.39, 0.29) is 5.75 Å². The van der Waals surface area contributed by atoms with E-state index in [2.05, 4.69) is 9.62 Å². The van der Waals surface area contributed by atoms with Gasteiger partial charge in [0.2, 0.25) is 10.0 Å². The summed E-state index contributed by atoms with van der Waals surface area (Å²) in [4.78, 5) is 2.27. The van der Waals surface area contributed by atoms with Crippen LogP contribution in [0, 0.1) is 0 Å². The lowest BCUT2D eigenvalue weighted by molar-refractivity contribution is 0.0342. The van der Waals surface area contributed by atoms with Gasteiger partial charge in [0.1, 0.15) is 0 Å². The number of nitrogens with zero attached hydrogens (tertiary/aromatic N) is 1. The predicted molar refractivity (Wildman–Crippen MR) is 85.2 cm³/mol. The van der Waals surface area contributed by atoms with Gasteiger partial charge in [0, 0.05) is 30.3 Å². The summed E-state index contributed by atoms with van der Waals surface area (Å²) in [5.41, 5.74) is 1.51. The molecule has 1 aromatic rings. The number of nitrogens with one attached hydrogen (secondary N) is 1. The predicted octanol–water partition coefficient (Wildman–Crippen LogP) is 2.32. The number of ether oxygens (including phenoxy) is 1. The summed E-state index contributed by atoms with van der Waals surface area (Å²) in [7, 11) is -3.28. The number of anilines is 1. The Morgan fingerprint density at radius 2 is 2.05 bits per heavy atom. The molecule has 1 aromatic carbocycles. The maximum atomic E-state index is 11.7. The molecule has 0 atom stereocenters. The number of sulfonamides is 1. The first-order valence-electron chi connectivity index (χ1n) is 7.09. The maximum Gasteiger partial charge on any atom is 0.232 e. The molecule has 5 nitrogen and oxygen atoms in total. The monoisotopic (exact) mass is 332 g/mol. The van der Waals surface area contributed by atoms with E-state index in [0.29, 0.717) is 17.1 Å².